The smallest absolute Gasteiger partial charge is 0.105 e. The van der Waals surface area contributed by atoms with Crippen molar-refractivity contribution in [1.82, 2.24) is 0 Å². The molecule has 18 heavy (non-hydrogen) atoms. The number of rotatable bonds is 3. The van der Waals surface area contributed by atoms with Crippen LogP contribution in [-0.4, -0.2) is 0 Å². The number of benzene rings is 1. The molecule has 1 aromatic heterocycles. The second-order valence-corrected chi connectivity index (χ2v) is 6.21. The van der Waals surface area contributed by atoms with Crippen LogP contribution in [0, 0.1) is 13.8 Å². The first-order chi connectivity index (χ1) is 8.47. The summed E-state index contributed by atoms with van der Waals surface area (Å²) in [5.41, 5.74) is 2.32. The van der Waals surface area contributed by atoms with Crippen LogP contribution in [0.5, 0.6) is 0 Å². The fourth-order valence-electron chi connectivity index (χ4n) is 1.94. The maximum atomic E-state index is 6.01. The Kier molecular flexibility index (Phi) is 4.41. The molecule has 1 unspecified atom stereocenters. The van der Waals surface area contributed by atoms with Gasteiger partial charge in [0.25, 0.3) is 0 Å². The summed E-state index contributed by atoms with van der Waals surface area (Å²) in [6.07, 6.45) is 0.844. The molecular weight excluding hydrogens is 335 g/mol. The molecule has 96 valence electrons. The number of aryl methyl sites for hydroxylation is 2. The van der Waals surface area contributed by atoms with Crippen LogP contribution in [0.3, 0.4) is 0 Å². The zero-order chi connectivity index (χ0) is 13.3. The second kappa shape index (κ2) is 5.68. The summed E-state index contributed by atoms with van der Waals surface area (Å²) in [6, 6.07) is 7.78. The van der Waals surface area contributed by atoms with Crippen LogP contribution in [0.4, 0.5) is 0 Å². The van der Waals surface area contributed by atoms with Gasteiger partial charge < -0.3 is 4.42 Å². The molecule has 0 bridgehead atoms. The van der Waals surface area contributed by atoms with Crippen molar-refractivity contribution in [3.05, 3.63) is 57.0 Å². The third-order valence-electron chi connectivity index (χ3n) is 2.82. The Labute approximate surface area is 125 Å². The van der Waals surface area contributed by atoms with Gasteiger partial charge in [-0.3, -0.25) is 0 Å². The lowest BCUT2D eigenvalue weighted by Crippen LogP contribution is -1.95. The number of hydrogen-bond donors (Lipinski definition) is 0. The normalized spacial score (nSPS) is 12.7. The van der Waals surface area contributed by atoms with Crippen molar-refractivity contribution < 1.29 is 4.42 Å². The zero-order valence-electron chi connectivity index (χ0n) is 10.1. The number of alkyl halides is 1. The molecule has 0 spiro atoms. The van der Waals surface area contributed by atoms with Crippen molar-refractivity contribution in [1.29, 1.82) is 0 Å². The van der Waals surface area contributed by atoms with Crippen molar-refractivity contribution in [3.8, 4) is 0 Å². The number of halogens is 3. The molecule has 1 aromatic carbocycles. The summed E-state index contributed by atoms with van der Waals surface area (Å²) >= 11 is 15.6. The molecule has 0 amide bonds. The summed E-state index contributed by atoms with van der Waals surface area (Å²) in [4.78, 5) is 0.215. The number of hydrogen-bond acceptors (Lipinski definition) is 1. The molecule has 0 N–H and O–H groups in total. The molecule has 0 aliphatic rings. The van der Waals surface area contributed by atoms with Crippen molar-refractivity contribution in [2.75, 3.05) is 0 Å². The third-order valence-corrected chi connectivity index (χ3v) is 4.37. The van der Waals surface area contributed by atoms with Gasteiger partial charge in [0.15, 0.2) is 0 Å². The minimum absolute atomic E-state index is 0.215. The van der Waals surface area contributed by atoms with Gasteiger partial charge in [0.05, 0.1) is 10.0 Å². The van der Waals surface area contributed by atoms with Gasteiger partial charge >= 0.3 is 0 Å². The molecule has 0 aliphatic carbocycles. The molecule has 0 aliphatic heterocycles. The van der Waals surface area contributed by atoms with Crippen LogP contribution >= 0.6 is 39.1 Å². The van der Waals surface area contributed by atoms with Gasteiger partial charge in [-0.05, 0) is 44.0 Å². The summed E-state index contributed by atoms with van der Waals surface area (Å²) in [6.45, 7) is 3.93. The van der Waals surface area contributed by atoms with E-state index in [9.17, 15) is 0 Å². The second-order valence-electron chi connectivity index (χ2n) is 4.29. The summed E-state index contributed by atoms with van der Waals surface area (Å²) in [5, 5.41) is 1.18. The average Bonchev–Trinajstić information content (AvgIpc) is 2.63. The molecule has 0 saturated carbocycles. The van der Waals surface area contributed by atoms with Gasteiger partial charge in [0, 0.05) is 10.4 Å². The van der Waals surface area contributed by atoms with Crippen molar-refractivity contribution >= 4 is 39.1 Å². The molecular formula is C14H13BrCl2O. The highest BCUT2D eigenvalue weighted by atomic mass is 79.9. The van der Waals surface area contributed by atoms with Gasteiger partial charge in [0.2, 0.25) is 0 Å². The molecule has 0 saturated heterocycles. The Balaban J connectivity index is 2.18. The maximum Gasteiger partial charge on any atom is 0.105 e. The van der Waals surface area contributed by atoms with Gasteiger partial charge in [-0.2, -0.15) is 0 Å². The van der Waals surface area contributed by atoms with Crippen LogP contribution in [-0.2, 0) is 6.42 Å². The van der Waals surface area contributed by atoms with Crippen molar-refractivity contribution in [2.45, 2.75) is 25.1 Å². The Bertz CT molecular complexity index is 563. The minimum Gasteiger partial charge on any atom is -0.466 e. The highest BCUT2D eigenvalue weighted by Crippen LogP contribution is 2.33. The SMILES string of the molecule is Cc1cc(C(Br)Cc2ccc(Cl)c(Cl)c2)c(C)o1. The molecule has 1 atom stereocenters. The van der Waals surface area contributed by atoms with Crippen LogP contribution < -0.4 is 0 Å². The average molecular weight is 348 g/mol. The van der Waals surface area contributed by atoms with Gasteiger partial charge in [-0.1, -0.05) is 45.2 Å². The lowest BCUT2D eigenvalue weighted by molar-refractivity contribution is 0.501. The van der Waals surface area contributed by atoms with E-state index in [1.807, 2.05) is 32.0 Å². The Morgan fingerprint density at radius 1 is 1.17 bits per heavy atom. The van der Waals surface area contributed by atoms with E-state index in [0.717, 1.165) is 23.5 Å². The standard InChI is InChI=1S/C14H13BrCl2O/c1-8-5-11(9(2)18-8)12(15)6-10-3-4-13(16)14(17)7-10/h3-5,7,12H,6H2,1-2H3. The molecule has 2 rings (SSSR count). The molecule has 2 aromatic rings. The first kappa shape index (κ1) is 14.0. The van der Waals surface area contributed by atoms with Crippen molar-refractivity contribution in [3.63, 3.8) is 0 Å². The topological polar surface area (TPSA) is 13.1 Å². The molecule has 1 heterocycles. The minimum atomic E-state index is 0.215. The molecule has 0 radical (unpaired) electrons. The fraction of sp³-hybridized carbons (Fsp3) is 0.286. The van der Waals surface area contributed by atoms with E-state index in [0.29, 0.717) is 10.0 Å². The molecule has 4 heteroatoms. The van der Waals surface area contributed by atoms with E-state index in [-0.39, 0.29) is 4.83 Å². The van der Waals surface area contributed by atoms with Gasteiger partial charge in [0.1, 0.15) is 11.5 Å². The molecule has 1 nitrogen and oxygen atoms in total. The van der Waals surface area contributed by atoms with Gasteiger partial charge in [-0.15, -0.1) is 0 Å². The lowest BCUT2D eigenvalue weighted by atomic mass is 10.0. The third kappa shape index (κ3) is 3.11. The van der Waals surface area contributed by atoms with E-state index in [2.05, 4.69) is 22.0 Å². The van der Waals surface area contributed by atoms with Crippen LogP contribution in [0.2, 0.25) is 10.0 Å². The monoisotopic (exact) mass is 346 g/mol. The van der Waals surface area contributed by atoms with Crippen LogP contribution in [0.25, 0.3) is 0 Å². The van der Waals surface area contributed by atoms with Crippen LogP contribution in [0.15, 0.2) is 28.7 Å². The fourth-order valence-corrected chi connectivity index (χ4v) is 3.09. The predicted molar refractivity (Wildman–Crippen MR) is 80.0 cm³/mol. The Morgan fingerprint density at radius 3 is 2.44 bits per heavy atom. The first-order valence-corrected chi connectivity index (χ1v) is 7.29. The van der Waals surface area contributed by atoms with E-state index in [4.69, 9.17) is 27.6 Å². The first-order valence-electron chi connectivity index (χ1n) is 5.62. The number of furan rings is 1. The van der Waals surface area contributed by atoms with Crippen molar-refractivity contribution in [2.24, 2.45) is 0 Å². The highest BCUT2D eigenvalue weighted by Gasteiger charge is 2.15. The highest BCUT2D eigenvalue weighted by molar-refractivity contribution is 9.09. The maximum absolute atomic E-state index is 6.01. The quantitative estimate of drug-likeness (QED) is 0.631. The Hall–Kier alpha value is -0.440. The van der Waals surface area contributed by atoms with Gasteiger partial charge in [-0.25, -0.2) is 0 Å². The lowest BCUT2D eigenvalue weighted by Gasteiger charge is -2.09. The predicted octanol–water partition coefficient (Wildman–Crippen LogP) is 5.88. The van der Waals surface area contributed by atoms with Crippen LogP contribution in [0.1, 0.15) is 27.5 Å². The Morgan fingerprint density at radius 2 is 1.89 bits per heavy atom. The molecule has 0 fully saturated rings. The van der Waals surface area contributed by atoms with E-state index >= 15 is 0 Å². The van der Waals surface area contributed by atoms with E-state index < -0.39 is 0 Å². The summed E-state index contributed by atoms with van der Waals surface area (Å²) in [7, 11) is 0. The summed E-state index contributed by atoms with van der Waals surface area (Å²) in [5.74, 6) is 1.88. The zero-order valence-corrected chi connectivity index (χ0v) is 13.2. The van der Waals surface area contributed by atoms with E-state index in [1.165, 1.54) is 5.56 Å². The van der Waals surface area contributed by atoms with E-state index in [1.54, 1.807) is 0 Å². The largest absolute Gasteiger partial charge is 0.466 e. The summed E-state index contributed by atoms with van der Waals surface area (Å²) < 4.78 is 5.54.